The molecule has 1 saturated carbocycles. The number of benzene rings is 1. The molecule has 2 N–H and O–H groups in total. The second-order valence-corrected chi connectivity index (χ2v) is 7.55. The fraction of sp³-hybridized carbons (Fsp3) is 0.571. The highest BCUT2D eigenvalue weighted by Crippen LogP contribution is 2.31. The fourth-order valence-electron chi connectivity index (χ4n) is 3.08. The van der Waals surface area contributed by atoms with Crippen molar-refractivity contribution in [3.05, 3.63) is 23.8 Å². The van der Waals surface area contributed by atoms with Crippen LogP contribution < -0.4 is 10.0 Å². The summed E-state index contributed by atoms with van der Waals surface area (Å²) in [5, 5.41) is 3.22. The highest BCUT2D eigenvalue weighted by molar-refractivity contribution is 7.89. The van der Waals surface area contributed by atoms with Gasteiger partial charge in [-0.2, -0.15) is 0 Å². The van der Waals surface area contributed by atoms with Gasteiger partial charge in [0.05, 0.1) is 4.90 Å². The van der Waals surface area contributed by atoms with Gasteiger partial charge in [-0.1, -0.05) is 18.9 Å². The number of anilines is 1. The van der Waals surface area contributed by atoms with Crippen LogP contribution in [0.5, 0.6) is 0 Å². The van der Waals surface area contributed by atoms with Crippen LogP contribution in [0.4, 0.5) is 5.69 Å². The van der Waals surface area contributed by atoms with E-state index in [0.717, 1.165) is 44.3 Å². The smallest absolute Gasteiger partial charge is 0.241 e. The summed E-state index contributed by atoms with van der Waals surface area (Å²) in [6.07, 6.45) is 5.03. The molecule has 1 fully saturated rings. The van der Waals surface area contributed by atoms with Crippen molar-refractivity contribution in [2.45, 2.75) is 49.5 Å². The lowest BCUT2D eigenvalue weighted by Crippen LogP contribution is -2.43. The molecule has 3 rings (SSSR count). The van der Waals surface area contributed by atoms with Crippen molar-refractivity contribution in [1.29, 1.82) is 0 Å². The van der Waals surface area contributed by atoms with Crippen LogP contribution in [-0.2, 0) is 16.4 Å². The Kier molecular flexibility index (Phi) is 3.06. The summed E-state index contributed by atoms with van der Waals surface area (Å²) in [6.45, 7) is 2.90. The standard InChI is InChI=1S/C14H20N2O2S/c1-14(7-2-3-8-14)16-19(17,18)12-5-4-11-6-9-15-13(11)10-12/h4-5,10,15-16H,2-3,6-9H2,1H3. The molecule has 1 heterocycles. The predicted molar refractivity (Wildman–Crippen MR) is 75.8 cm³/mol. The van der Waals surface area contributed by atoms with Gasteiger partial charge in [-0.05, 0) is 43.9 Å². The molecule has 1 aromatic rings. The van der Waals surface area contributed by atoms with Crippen molar-refractivity contribution >= 4 is 15.7 Å². The first-order valence-corrected chi connectivity index (χ1v) is 8.38. The van der Waals surface area contributed by atoms with Gasteiger partial charge in [0.2, 0.25) is 10.0 Å². The van der Waals surface area contributed by atoms with E-state index < -0.39 is 10.0 Å². The van der Waals surface area contributed by atoms with Gasteiger partial charge in [0.1, 0.15) is 0 Å². The number of hydrogen-bond donors (Lipinski definition) is 2. The highest BCUT2D eigenvalue weighted by atomic mass is 32.2. The summed E-state index contributed by atoms with van der Waals surface area (Å²) < 4.78 is 27.8. The van der Waals surface area contributed by atoms with Gasteiger partial charge in [-0.15, -0.1) is 0 Å². The lowest BCUT2D eigenvalue weighted by atomic mass is 10.0. The van der Waals surface area contributed by atoms with Gasteiger partial charge in [0.15, 0.2) is 0 Å². The summed E-state index contributed by atoms with van der Waals surface area (Å²) in [7, 11) is -3.41. The molecule has 0 atom stereocenters. The molecule has 1 aromatic carbocycles. The number of nitrogens with one attached hydrogen (secondary N) is 2. The summed E-state index contributed by atoms with van der Waals surface area (Å²) in [4.78, 5) is 0.369. The molecule has 0 spiro atoms. The minimum Gasteiger partial charge on any atom is -0.384 e. The summed E-state index contributed by atoms with van der Waals surface area (Å²) in [5.41, 5.74) is 1.89. The molecule has 0 amide bonds. The Balaban J connectivity index is 1.88. The third kappa shape index (κ3) is 2.49. The third-order valence-electron chi connectivity index (χ3n) is 4.19. The van der Waals surface area contributed by atoms with Gasteiger partial charge in [-0.25, -0.2) is 13.1 Å². The van der Waals surface area contributed by atoms with Crippen molar-refractivity contribution < 1.29 is 8.42 Å². The molecule has 0 saturated heterocycles. The van der Waals surface area contributed by atoms with E-state index in [1.807, 2.05) is 13.0 Å². The van der Waals surface area contributed by atoms with Gasteiger partial charge in [-0.3, -0.25) is 0 Å². The maximum absolute atomic E-state index is 12.5. The average molecular weight is 280 g/mol. The number of rotatable bonds is 3. The van der Waals surface area contributed by atoms with Gasteiger partial charge < -0.3 is 5.32 Å². The molecule has 1 aliphatic carbocycles. The Morgan fingerprint density at radius 2 is 2.00 bits per heavy atom. The van der Waals surface area contributed by atoms with Crippen LogP contribution in [0.1, 0.15) is 38.2 Å². The maximum Gasteiger partial charge on any atom is 0.241 e. The summed E-state index contributed by atoms with van der Waals surface area (Å²) in [5.74, 6) is 0. The first-order chi connectivity index (χ1) is 8.99. The lowest BCUT2D eigenvalue weighted by molar-refractivity contribution is 0.427. The summed E-state index contributed by atoms with van der Waals surface area (Å²) in [6, 6.07) is 5.39. The molecule has 4 nitrogen and oxygen atoms in total. The van der Waals surface area contributed by atoms with E-state index in [1.165, 1.54) is 5.56 Å². The molecule has 0 radical (unpaired) electrons. The van der Waals surface area contributed by atoms with Crippen LogP contribution in [0, 0.1) is 0 Å². The molecule has 0 unspecified atom stereocenters. The van der Waals surface area contributed by atoms with E-state index in [2.05, 4.69) is 10.0 Å². The first-order valence-electron chi connectivity index (χ1n) is 6.89. The second kappa shape index (κ2) is 4.49. The zero-order valence-corrected chi connectivity index (χ0v) is 12.0. The van der Waals surface area contributed by atoms with Gasteiger partial charge in [0.25, 0.3) is 0 Å². The minimum atomic E-state index is -3.41. The molecule has 2 aliphatic rings. The molecule has 1 aliphatic heterocycles. The minimum absolute atomic E-state index is 0.273. The van der Waals surface area contributed by atoms with Crippen LogP contribution in [0.3, 0.4) is 0 Å². The maximum atomic E-state index is 12.5. The van der Waals surface area contributed by atoms with E-state index in [9.17, 15) is 8.42 Å². The zero-order valence-electron chi connectivity index (χ0n) is 11.2. The van der Waals surface area contributed by atoms with Crippen molar-refractivity contribution in [3.63, 3.8) is 0 Å². The van der Waals surface area contributed by atoms with Crippen LogP contribution in [0.2, 0.25) is 0 Å². The SMILES string of the molecule is CC1(NS(=O)(=O)c2ccc3c(c2)NCC3)CCCC1. The molecule has 19 heavy (non-hydrogen) atoms. The summed E-state index contributed by atoms with van der Waals surface area (Å²) >= 11 is 0. The molecule has 5 heteroatoms. The van der Waals surface area contributed by atoms with Crippen molar-refractivity contribution in [2.75, 3.05) is 11.9 Å². The average Bonchev–Trinajstić information content (AvgIpc) is 2.96. The van der Waals surface area contributed by atoms with E-state index in [1.54, 1.807) is 12.1 Å². The number of fused-ring (bicyclic) bond motifs is 1. The predicted octanol–water partition coefficient (Wildman–Crippen LogP) is 2.27. The highest BCUT2D eigenvalue weighted by Gasteiger charge is 2.33. The second-order valence-electron chi connectivity index (χ2n) is 5.87. The molecule has 104 valence electrons. The number of sulfonamides is 1. The Bertz CT molecular complexity index is 589. The quantitative estimate of drug-likeness (QED) is 0.893. The van der Waals surface area contributed by atoms with Crippen molar-refractivity contribution in [3.8, 4) is 0 Å². The van der Waals surface area contributed by atoms with Crippen molar-refractivity contribution in [1.82, 2.24) is 4.72 Å². The van der Waals surface area contributed by atoms with E-state index in [0.29, 0.717) is 4.90 Å². The fourth-order valence-corrected chi connectivity index (χ4v) is 4.57. The topological polar surface area (TPSA) is 58.2 Å². The molecular weight excluding hydrogens is 260 g/mol. The molecule has 0 bridgehead atoms. The Hall–Kier alpha value is -1.07. The Morgan fingerprint density at radius 3 is 2.74 bits per heavy atom. The largest absolute Gasteiger partial charge is 0.384 e. The van der Waals surface area contributed by atoms with E-state index >= 15 is 0 Å². The number of hydrogen-bond acceptors (Lipinski definition) is 3. The van der Waals surface area contributed by atoms with Gasteiger partial charge in [0, 0.05) is 17.8 Å². The first kappa shape index (κ1) is 12.9. The van der Waals surface area contributed by atoms with E-state index in [4.69, 9.17) is 0 Å². The van der Waals surface area contributed by atoms with Crippen molar-refractivity contribution in [2.24, 2.45) is 0 Å². The molecular formula is C14H20N2O2S. The third-order valence-corrected chi connectivity index (χ3v) is 5.83. The lowest BCUT2D eigenvalue weighted by Gasteiger charge is -2.25. The van der Waals surface area contributed by atoms with Crippen LogP contribution in [0.15, 0.2) is 23.1 Å². The van der Waals surface area contributed by atoms with Crippen LogP contribution in [0.25, 0.3) is 0 Å². The molecule has 0 aromatic heterocycles. The monoisotopic (exact) mass is 280 g/mol. The Labute approximate surface area is 114 Å². The Morgan fingerprint density at radius 1 is 1.26 bits per heavy atom. The van der Waals surface area contributed by atoms with Crippen LogP contribution >= 0.6 is 0 Å². The van der Waals surface area contributed by atoms with E-state index in [-0.39, 0.29) is 5.54 Å². The normalized spacial score (nSPS) is 21.1. The zero-order chi connectivity index (χ0) is 13.5. The van der Waals surface area contributed by atoms with Crippen LogP contribution in [-0.4, -0.2) is 20.5 Å². The van der Waals surface area contributed by atoms with Gasteiger partial charge >= 0.3 is 0 Å².